The molecule has 0 saturated carbocycles. The van der Waals surface area contributed by atoms with E-state index in [0.29, 0.717) is 11.8 Å². The van der Waals surface area contributed by atoms with E-state index >= 15 is 0 Å². The first-order valence-electron chi connectivity index (χ1n) is 8.45. The van der Waals surface area contributed by atoms with Gasteiger partial charge in [0, 0.05) is 11.5 Å². The molecule has 24 heavy (non-hydrogen) atoms. The third-order valence-corrected chi connectivity index (χ3v) is 4.29. The number of carboxylic acid groups (broad SMARTS) is 1. The first-order chi connectivity index (χ1) is 11.3. The molecule has 4 nitrogen and oxygen atoms in total. The molecule has 136 valence electrons. The van der Waals surface area contributed by atoms with E-state index in [1.54, 1.807) is 6.08 Å². The van der Waals surface area contributed by atoms with E-state index in [0.717, 1.165) is 24.5 Å². The zero-order valence-corrected chi connectivity index (χ0v) is 15.3. The standard InChI is InChI=1S/C11H24O2.C9H8O2/c1-9(2)5-6-11(7-12,8-13)10(3)4;10-9(11)7-6-8-4-2-1-3-5-8/h9-10,12-13H,5-8H2,1-4H3;1-7H,(H,10,11). The summed E-state index contributed by atoms with van der Waals surface area (Å²) in [7, 11) is 0. The van der Waals surface area contributed by atoms with Crippen LogP contribution in [0, 0.1) is 17.3 Å². The van der Waals surface area contributed by atoms with Crippen LogP contribution in [0.3, 0.4) is 0 Å². The quantitative estimate of drug-likeness (QED) is 0.630. The van der Waals surface area contributed by atoms with Crippen molar-refractivity contribution in [2.45, 2.75) is 40.5 Å². The largest absolute Gasteiger partial charge is 0.478 e. The Morgan fingerprint density at radius 1 is 1.08 bits per heavy atom. The predicted octanol–water partition coefficient (Wildman–Crippen LogP) is 3.83. The molecule has 0 aliphatic rings. The summed E-state index contributed by atoms with van der Waals surface area (Å²) in [5, 5.41) is 26.9. The van der Waals surface area contributed by atoms with E-state index in [9.17, 15) is 15.0 Å². The fraction of sp³-hybridized carbons (Fsp3) is 0.550. The number of aliphatic hydroxyl groups excluding tert-OH is 2. The molecule has 0 fully saturated rings. The van der Waals surface area contributed by atoms with Crippen molar-refractivity contribution in [2.24, 2.45) is 17.3 Å². The molecule has 0 bridgehead atoms. The molecule has 0 amide bonds. The fourth-order valence-electron chi connectivity index (χ4n) is 2.17. The molecule has 0 atom stereocenters. The third kappa shape index (κ3) is 8.85. The summed E-state index contributed by atoms with van der Waals surface area (Å²) < 4.78 is 0. The molecule has 1 rings (SSSR count). The van der Waals surface area contributed by atoms with E-state index in [4.69, 9.17) is 5.11 Å². The molecule has 4 heteroatoms. The third-order valence-electron chi connectivity index (χ3n) is 4.29. The van der Waals surface area contributed by atoms with Crippen molar-refractivity contribution in [2.75, 3.05) is 13.2 Å². The zero-order valence-electron chi connectivity index (χ0n) is 15.3. The summed E-state index contributed by atoms with van der Waals surface area (Å²) in [6, 6.07) is 9.31. The normalized spacial score (nSPS) is 11.7. The number of rotatable bonds is 8. The predicted molar refractivity (Wildman–Crippen MR) is 98.6 cm³/mol. The number of carbonyl (C=O) groups is 1. The van der Waals surface area contributed by atoms with Crippen LogP contribution in [-0.2, 0) is 4.79 Å². The van der Waals surface area contributed by atoms with Gasteiger partial charge in [0.15, 0.2) is 0 Å². The number of hydrogen-bond donors (Lipinski definition) is 3. The van der Waals surface area contributed by atoms with E-state index in [1.165, 1.54) is 0 Å². The number of aliphatic carboxylic acids is 1. The van der Waals surface area contributed by atoms with Crippen LogP contribution in [-0.4, -0.2) is 34.5 Å². The maximum atomic E-state index is 10.1. The van der Waals surface area contributed by atoms with E-state index in [-0.39, 0.29) is 18.6 Å². The van der Waals surface area contributed by atoms with Crippen molar-refractivity contribution in [1.82, 2.24) is 0 Å². The van der Waals surface area contributed by atoms with Crippen LogP contribution in [0.15, 0.2) is 36.4 Å². The van der Waals surface area contributed by atoms with Crippen LogP contribution in [0.2, 0.25) is 0 Å². The molecule has 3 N–H and O–H groups in total. The van der Waals surface area contributed by atoms with E-state index in [1.807, 2.05) is 30.3 Å². The lowest BCUT2D eigenvalue weighted by molar-refractivity contribution is -0.131. The van der Waals surface area contributed by atoms with Crippen molar-refractivity contribution >= 4 is 12.0 Å². The summed E-state index contributed by atoms with van der Waals surface area (Å²) in [5.74, 6) is 0.0475. The average molecular weight is 336 g/mol. The van der Waals surface area contributed by atoms with Crippen LogP contribution in [0.1, 0.15) is 46.1 Å². The van der Waals surface area contributed by atoms with Gasteiger partial charge < -0.3 is 15.3 Å². The van der Waals surface area contributed by atoms with Gasteiger partial charge >= 0.3 is 5.97 Å². The van der Waals surface area contributed by atoms with Crippen molar-refractivity contribution in [3.05, 3.63) is 42.0 Å². The van der Waals surface area contributed by atoms with Crippen LogP contribution in [0.25, 0.3) is 6.08 Å². The summed E-state index contributed by atoms with van der Waals surface area (Å²) >= 11 is 0. The van der Waals surface area contributed by atoms with Crippen molar-refractivity contribution in [1.29, 1.82) is 0 Å². The van der Waals surface area contributed by atoms with Gasteiger partial charge in [0.1, 0.15) is 0 Å². The first-order valence-corrected chi connectivity index (χ1v) is 8.45. The summed E-state index contributed by atoms with van der Waals surface area (Å²) in [6.07, 6.45) is 4.66. The molecule has 0 aliphatic carbocycles. The van der Waals surface area contributed by atoms with E-state index < -0.39 is 5.97 Å². The molecule has 0 unspecified atom stereocenters. The molecular weight excluding hydrogens is 304 g/mol. The van der Waals surface area contributed by atoms with Gasteiger partial charge in [-0.3, -0.25) is 0 Å². The minimum Gasteiger partial charge on any atom is -0.478 e. The lowest BCUT2D eigenvalue weighted by atomic mass is 9.74. The van der Waals surface area contributed by atoms with Gasteiger partial charge in [-0.2, -0.15) is 0 Å². The summed E-state index contributed by atoms with van der Waals surface area (Å²) in [4.78, 5) is 10.1. The van der Waals surface area contributed by atoms with E-state index in [2.05, 4.69) is 27.7 Å². The molecule has 0 aliphatic heterocycles. The lowest BCUT2D eigenvalue weighted by Crippen LogP contribution is -2.35. The Balaban J connectivity index is 0.000000446. The number of carboxylic acids is 1. The van der Waals surface area contributed by atoms with Crippen LogP contribution in [0.5, 0.6) is 0 Å². The molecular formula is C20H32O4. The maximum absolute atomic E-state index is 10.1. The van der Waals surface area contributed by atoms with Crippen molar-refractivity contribution in [3.8, 4) is 0 Å². The topological polar surface area (TPSA) is 77.8 Å². The van der Waals surface area contributed by atoms with Crippen LogP contribution >= 0.6 is 0 Å². The Labute approximate surface area is 145 Å². The Kier molecular flexibility index (Phi) is 11.0. The second kappa shape index (κ2) is 11.8. The molecule has 0 radical (unpaired) electrons. The molecule has 1 aromatic rings. The highest BCUT2D eigenvalue weighted by molar-refractivity contribution is 5.85. The SMILES string of the molecule is CC(C)CCC(CO)(CO)C(C)C.O=C(O)C=Cc1ccccc1. The number of hydrogen-bond acceptors (Lipinski definition) is 3. The maximum Gasteiger partial charge on any atom is 0.328 e. The Morgan fingerprint density at radius 2 is 1.62 bits per heavy atom. The fourth-order valence-corrected chi connectivity index (χ4v) is 2.17. The molecule has 1 aromatic carbocycles. The van der Waals surface area contributed by atoms with Crippen molar-refractivity contribution < 1.29 is 20.1 Å². The van der Waals surface area contributed by atoms with Crippen LogP contribution in [0.4, 0.5) is 0 Å². The monoisotopic (exact) mass is 336 g/mol. The van der Waals surface area contributed by atoms with Gasteiger partial charge in [-0.1, -0.05) is 64.4 Å². The molecule has 0 spiro atoms. The summed E-state index contributed by atoms with van der Waals surface area (Å²) in [5.41, 5.74) is 0.625. The van der Waals surface area contributed by atoms with Gasteiger partial charge in [0.25, 0.3) is 0 Å². The second-order valence-corrected chi connectivity index (χ2v) is 6.85. The number of aliphatic hydroxyl groups is 2. The zero-order chi connectivity index (χ0) is 18.6. The molecule has 0 aromatic heterocycles. The second-order valence-electron chi connectivity index (χ2n) is 6.85. The molecule has 0 heterocycles. The minimum atomic E-state index is -0.922. The Bertz CT molecular complexity index is 474. The average Bonchev–Trinajstić information content (AvgIpc) is 2.55. The Hall–Kier alpha value is -1.65. The summed E-state index contributed by atoms with van der Waals surface area (Å²) in [6.45, 7) is 8.64. The van der Waals surface area contributed by atoms with Gasteiger partial charge in [-0.05, 0) is 29.9 Å². The molecule has 0 saturated heterocycles. The first kappa shape index (κ1) is 22.4. The Morgan fingerprint density at radius 3 is 2.00 bits per heavy atom. The van der Waals surface area contributed by atoms with Gasteiger partial charge in [0.2, 0.25) is 0 Å². The lowest BCUT2D eigenvalue weighted by Gasteiger charge is -2.34. The smallest absolute Gasteiger partial charge is 0.328 e. The van der Waals surface area contributed by atoms with Crippen LogP contribution < -0.4 is 0 Å². The minimum absolute atomic E-state index is 0.0912. The highest BCUT2D eigenvalue weighted by Crippen LogP contribution is 2.33. The highest BCUT2D eigenvalue weighted by Gasteiger charge is 2.32. The van der Waals surface area contributed by atoms with Crippen molar-refractivity contribution in [3.63, 3.8) is 0 Å². The van der Waals surface area contributed by atoms with Gasteiger partial charge in [0.05, 0.1) is 13.2 Å². The van der Waals surface area contributed by atoms with Gasteiger partial charge in [-0.25, -0.2) is 4.79 Å². The highest BCUT2D eigenvalue weighted by atomic mass is 16.4. The number of benzene rings is 1. The van der Waals surface area contributed by atoms with Gasteiger partial charge in [-0.15, -0.1) is 0 Å².